The Morgan fingerprint density at radius 1 is 1.30 bits per heavy atom. The maximum Gasteiger partial charge on any atom is 0.223 e. The van der Waals surface area contributed by atoms with E-state index in [1.807, 2.05) is 31.2 Å². The number of hydrogen-bond donors (Lipinski definition) is 3. The standard InChI is InChI=1S/C19H28N2O2/c1-12-5-2-3-8-16(12)17(22)11-21-19(23)15-9-13-6-4-7-14(10-15)18(13)20/h2-3,5,8,13-15,17-18,22H,4,6-7,9-11,20H2,1H3,(H,21,23). The van der Waals surface area contributed by atoms with Crippen molar-refractivity contribution in [2.24, 2.45) is 23.5 Å². The number of fused-ring (bicyclic) bond motifs is 2. The first kappa shape index (κ1) is 16.5. The Morgan fingerprint density at radius 2 is 1.96 bits per heavy atom. The Kier molecular flexibility index (Phi) is 5.02. The van der Waals surface area contributed by atoms with Gasteiger partial charge < -0.3 is 16.2 Å². The Labute approximate surface area is 138 Å². The molecule has 126 valence electrons. The van der Waals surface area contributed by atoms with Gasteiger partial charge in [-0.15, -0.1) is 0 Å². The summed E-state index contributed by atoms with van der Waals surface area (Å²) in [5, 5.41) is 13.3. The van der Waals surface area contributed by atoms with Crippen LogP contribution < -0.4 is 11.1 Å². The van der Waals surface area contributed by atoms with Crippen LogP contribution in [0.5, 0.6) is 0 Å². The fraction of sp³-hybridized carbons (Fsp3) is 0.632. The molecule has 2 bridgehead atoms. The number of rotatable bonds is 4. The van der Waals surface area contributed by atoms with E-state index in [9.17, 15) is 9.90 Å². The number of aliphatic hydroxyl groups excluding tert-OH is 1. The van der Waals surface area contributed by atoms with E-state index in [4.69, 9.17) is 5.73 Å². The minimum Gasteiger partial charge on any atom is -0.387 e. The predicted molar refractivity (Wildman–Crippen MR) is 90.7 cm³/mol. The van der Waals surface area contributed by atoms with E-state index in [0.29, 0.717) is 11.8 Å². The molecule has 4 nitrogen and oxygen atoms in total. The number of aryl methyl sites for hydroxylation is 1. The van der Waals surface area contributed by atoms with Crippen LogP contribution in [-0.2, 0) is 4.79 Å². The Bertz CT molecular complexity index is 546. The van der Waals surface area contributed by atoms with E-state index in [2.05, 4.69) is 5.32 Å². The molecule has 0 radical (unpaired) electrons. The van der Waals surface area contributed by atoms with Crippen LogP contribution in [0.3, 0.4) is 0 Å². The third-order valence-electron chi connectivity index (χ3n) is 5.80. The van der Waals surface area contributed by atoms with E-state index in [0.717, 1.165) is 36.8 Å². The molecule has 1 aromatic carbocycles. The van der Waals surface area contributed by atoms with E-state index < -0.39 is 6.10 Å². The van der Waals surface area contributed by atoms with Crippen molar-refractivity contribution in [3.05, 3.63) is 35.4 Å². The molecule has 2 saturated carbocycles. The maximum atomic E-state index is 12.5. The number of carbonyl (C=O) groups excluding carboxylic acids is 1. The third kappa shape index (κ3) is 3.59. The molecule has 0 spiro atoms. The van der Waals surface area contributed by atoms with Crippen LogP contribution in [-0.4, -0.2) is 23.6 Å². The Balaban J connectivity index is 1.55. The molecular weight excluding hydrogens is 288 g/mol. The molecular formula is C19H28N2O2. The van der Waals surface area contributed by atoms with Crippen molar-refractivity contribution < 1.29 is 9.90 Å². The van der Waals surface area contributed by atoms with E-state index in [1.165, 1.54) is 6.42 Å². The molecule has 2 aliphatic rings. The Hall–Kier alpha value is -1.39. The molecule has 2 aliphatic carbocycles. The van der Waals surface area contributed by atoms with E-state index in [-0.39, 0.29) is 24.4 Å². The van der Waals surface area contributed by atoms with Crippen LogP contribution in [0.2, 0.25) is 0 Å². The van der Waals surface area contributed by atoms with E-state index >= 15 is 0 Å². The number of nitrogens with two attached hydrogens (primary N) is 1. The summed E-state index contributed by atoms with van der Waals surface area (Å²) in [5.41, 5.74) is 8.22. The number of nitrogens with one attached hydrogen (secondary N) is 1. The molecule has 3 atom stereocenters. The second-order valence-electron chi connectivity index (χ2n) is 7.31. The number of aliphatic hydroxyl groups is 1. The predicted octanol–water partition coefficient (Wildman–Crippen LogP) is 2.30. The zero-order chi connectivity index (χ0) is 16.4. The lowest BCUT2D eigenvalue weighted by atomic mass is 9.65. The molecule has 4 N–H and O–H groups in total. The van der Waals surface area contributed by atoms with Crippen LogP contribution in [0.15, 0.2) is 24.3 Å². The molecule has 4 heteroatoms. The van der Waals surface area contributed by atoms with Gasteiger partial charge in [-0.3, -0.25) is 4.79 Å². The molecule has 0 aliphatic heterocycles. The van der Waals surface area contributed by atoms with Crippen molar-refractivity contribution in [2.45, 2.75) is 51.2 Å². The van der Waals surface area contributed by atoms with Gasteiger partial charge in [0, 0.05) is 18.5 Å². The minimum absolute atomic E-state index is 0.0640. The van der Waals surface area contributed by atoms with Gasteiger partial charge in [0.05, 0.1) is 6.10 Å². The van der Waals surface area contributed by atoms with Crippen molar-refractivity contribution in [2.75, 3.05) is 6.54 Å². The average molecular weight is 316 g/mol. The summed E-state index contributed by atoms with van der Waals surface area (Å²) in [6.07, 6.45) is 4.74. The van der Waals surface area contributed by atoms with Gasteiger partial charge in [-0.05, 0) is 55.6 Å². The third-order valence-corrected chi connectivity index (χ3v) is 5.80. The lowest BCUT2D eigenvalue weighted by molar-refractivity contribution is -0.128. The van der Waals surface area contributed by atoms with Gasteiger partial charge in [-0.2, -0.15) is 0 Å². The number of carbonyl (C=O) groups is 1. The Morgan fingerprint density at radius 3 is 2.61 bits per heavy atom. The van der Waals surface area contributed by atoms with Gasteiger partial charge >= 0.3 is 0 Å². The lowest BCUT2D eigenvalue weighted by Crippen LogP contribution is -2.49. The minimum atomic E-state index is -0.648. The maximum absolute atomic E-state index is 12.5. The zero-order valence-electron chi connectivity index (χ0n) is 13.9. The molecule has 0 saturated heterocycles. The van der Waals surface area contributed by atoms with Crippen LogP contribution in [0.25, 0.3) is 0 Å². The van der Waals surface area contributed by atoms with Gasteiger partial charge in [0.1, 0.15) is 0 Å². The van der Waals surface area contributed by atoms with Gasteiger partial charge in [0.25, 0.3) is 0 Å². The molecule has 3 rings (SSSR count). The summed E-state index contributed by atoms with van der Waals surface area (Å²) in [4.78, 5) is 12.5. The average Bonchev–Trinajstić information content (AvgIpc) is 2.52. The fourth-order valence-corrected chi connectivity index (χ4v) is 4.42. The van der Waals surface area contributed by atoms with Crippen molar-refractivity contribution >= 4 is 5.91 Å². The zero-order valence-corrected chi connectivity index (χ0v) is 13.9. The highest BCUT2D eigenvalue weighted by Crippen LogP contribution is 2.41. The summed E-state index contributed by atoms with van der Waals surface area (Å²) in [6, 6.07) is 8.04. The van der Waals surface area contributed by atoms with Gasteiger partial charge in [-0.1, -0.05) is 30.7 Å². The summed E-state index contributed by atoms with van der Waals surface area (Å²) in [6.45, 7) is 2.26. The second kappa shape index (κ2) is 7.02. The molecule has 23 heavy (non-hydrogen) atoms. The van der Waals surface area contributed by atoms with Crippen molar-refractivity contribution in [1.82, 2.24) is 5.32 Å². The molecule has 1 aromatic rings. The second-order valence-corrected chi connectivity index (χ2v) is 7.31. The largest absolute Gasteiger partial charge is 0.387 e. The number of hydrogen-bond acceptors (Lipinski definition) is 3. The molecule has 2 fully saturated rings. The van der Waals surface area contributed by atoms with Gasteiger partial charge in [0.15, 0.2) is 0 Å². The molecule has 0 heterocycles. The first-order chi connectivity index (χ1) is 11.1. The highest BCUT2D eigenvalue weighted by Gasteiger charge is 2.40. The number of benzene rings is 1. The fourth-order valence-electron chi connectivity index (χ4n) is 4.42. The highest BCUT2D eigenvalue weighted by molar-refractivity contribution is 5.78. The summed E-state index contributed by atoms with van der Waals surface area (Å²) in [7, 11) is 0. The lowest BCUT2D eigenvalue weighted by Gasteiger charge is -2.43. The monoisotopic (exact) mass is 316 g/mol. The summed E-state index contributed by atoms with van der Waals surface area (Å²) in [5.74, 6) is 1.15. The van der Waals surface area contributed by atoms with Crippen LogP contribution in [0.1, 0.15) is 49.3 Å². The van der Waals surface area contributed by atoms with E-state index in [1.54, 1.807) is 0 Å². The highest BCUT2D eigenvalue weighted by atomic mass is 16.3. The summed E-state index contributed by atoms with van der Waals surface area (Å²) >= 11 is 0. The van der Waals surface area contributed by atoms with Crippen molar-refractivity contribution in [3.8, 4) is 0 Å². The first-order valence-electron chi connectivity index (χ1n) is 8.83. The van der Waals surface area contributed by atoms with Crippen molar-refractivity contribution in [3.63, 3.8) is 0 Å². The van der Waals surface area contributed by atoms with Crippen LogP contribution >= 0.6 is 0 Å². The number of amides is 1. The smallest absolute Gasteiger partial charge is 0.223 e. The normalized spacial score (nSPS) is 31.4. The molecule has 0 aromatic heterocycles. The first-order valence-corrected chi connectivity index (χ1v) is 8.83. The van der Waals surface area contributed by atoms with Crippen LogP contribution in [0.4, 0.5) is 0 Å². The SMILES string of the molecule is Cc1ccccc1C(O)CNC(=O)C1CC2CCCC(C1)C2N. The quantitative estimate of drug-likeness (QED) is 0.798. The van der Waals surface area contributed by atoms with Gasteiger partial charge in [-0.25, -0.2) is 0 Å². The van der Waals surface area contributed by atoms with Crippen molar-refractivity contribution in [1.29, 1.82) is 0 Å². The van der Waals surface area contributed by atoms with Crippen LogP contribution in [0, 0.1) is 24.7 Å². The molecule has 3 unspecified atom stereocenters. The topological polar surface area (TPSA) is 75.3 Å². The summed E-state index contributed by atoms with van der Waals surface area (Å²) < 4.78 is 0. The molecule has 1 amide bonds. The van der Waals surface area contributed by atoms with Gasteiger partial charge in [0.2, 0.25) is 5.91 Å².